The zero-order valence-electron chi connectivity index (χ0n) is 38.2. The van der Waals surface area contributed by atoms with Crippen LogP contribution in [-0.2, 0) is 51.8 Å². The van der Waals surface area contributed by atoms with E-state index < -0.39 is 91.9 Å². The molecule has 19 heteroatoms. The third-order valence-electron chi connectivity index (χ3n) is 13.2. The molecule has 0 radical (unpaired) electrons. The molecule has 0 aromatic heterocycles. The molecule has 1 aromatic carbocycles. The van der Waals surface area contributed by atoms with Crippen LogP contribution in [0.5, 0.6) is 11.5 Å². The number of carbonyl (C=O) groups is 6. The van der Waals surface area contributed by atoms with Crippen LogP contribution in [0.1, 0.15) is 130 Å². The lowest BCUT2D eigenvalue weighted by Gasteiger charge is -2.37. The number of hydrogen-bond acceptors (Lipinski definition) is 12. The highest BCUT2D eigenvalue weighted by Crippen LogP contribution is 2.47. The van der Waals surface area contributed by atoms with Crippen molar-refractivity contribution in [2.75, 3.05) is 19.8 Å². The van der Waals surface area contributed by atoms with Crippen molar-refractivity contribution in [3.63, 3.8) is 0 Å². The minimum absolute atomic E-state index is 0.134. The molecular formula is C45H66N6O12S. The molecule has 6 atom stereocenters. The average Bonchev–Trinajstić information content (AvgIpc) is 4.13. The first kappa shape index (κ1) is 47.2. The number of amides is 6. The summed E-state index contributed by atoms with van der Waals surface area (Å²) in [4.78, 5) is 87.4. The maximum Gasteiger partial charge on any atom is 0.410 e. The van der Waals surface area contributed by atoms with Crippen molar-refractivity contribution in [3.8, 4) is 11.5 Å². The lowest BCUT2D eigenvalue weighted by molar-refractivity contribution is -0.145. The van der Waals surface area contributed by atoms with Gasteiger partial charge in [0, 0.05) is 25.9 Å². The molecule has 6 amide bonds. The molecule has 3 aliphatic heterocycles. The van der Waals surface area contributed by atoms with E-state index in [9.17, 15) is 32.4 Å². The highest BCUT2D eigenvalue weighted by molar-refractivity contribution is 7.91. The van der Waals surface area contributed by atoms with Gasteiger partial charge in [0.2, 0.25) is 27.7 Å². The number of sulfonamides is 1. The quantitative estimate of drug-likeness (QED) is 0.232. The number of likely N-dealkylation sites (tertiary alicyclic amines) is 1. The van der Waals surface area contributed by atoms with Crippen LogP contribution in [-0.4, -0.2) is 114 Å². The van der Waals surface area contributed by atoms with E-state index in [1.54, 1.807) is 41.5 Å². The summed E-state index contributed by atoms with van der Waals surface area (Å²) in [5.41, 5.74) is -1.53. The second-order valence-corrected chi connectivity index (χ2v) is 22.5. The number of benzene rings is 1. The van der Waals surface area contributed by atoms with Crippen molar-refractivity contribution in [3.05, 3.63) is 23.3 Å². The monoisotopic (exact) mass is 914 g/mol. The molecule has 0 bridgehead atoms. The van der Waals surface area contributed by atoms with Gasteiger partial charge in [-0.1, -0.05) is 53.4 Å². The Bertz CT molecular complexity index is 2070. The maximum absolute atomic E-state index is 15.0. The van der Waals surface area contributed by atoms with Crippen molar-refractivity contribution in [2.45, 2.75) is 173 Å². The molecule has 1 aromatic rings. The van der Waals surface area contributed by atoms with Gasteiger partial charge in [-0.05, 0) is 93.4 Å². The predicted molar refractivity (Wildman–Crippen MR) is 232 cm³/mol. The van der Waals surface area contributed by atoms with E-state index in [1.165, 1.54) is 9.80 Å². The SMILES string of the molecule is CC[C@H]1C[C@@]1(NC(=O)C1C[C@@H](OC(=O)N2Cc3cc4c(cc3C2)OCCCO4)CN1C(=O)[C@@H](NC(=O)[C@@H](NC(=O)OC(C)(C)C)C1CCCCC1)C(C)(C)C)C(=O)NS(=O)(=O)C1CC1. The van der Waals surface area contributed by atoms with Crippen LogP contribution in [0.15, 0.2) is 12.1 Å². The van der Waals surface area contributed by atoms with Gasteiger partial charge in [-0.15, -0.1) is 0 Å². The first-order valence-electron chi connectivity index (χ1n) is 22.9. The fourth-order valence-electron chi connectivity index (χ4n) is 9.42. The summed E-state index contributed by atoms with van der Waals surface area (Å²) < 4.78 is 51.2. The van der Waals surface area contributed by atoms with Crippen LogP contribution < -0.4 is 30.1 Å². The number of nitrogens with zero attached hydrogens (tertiary/aromatic N) is 2. The number of rotatable bonds is 12. The van der Waals surface area contributed by atoms with Gasteiger partial charge in [0.05, 0.1) is 25.0 Å². The molecule has 0 spiro atoms. The summed E-state index contributed by atoms with van der Waals surface area (Å²) >= 11 is 0. The summed E-state index contributed by atoms with van der Waals surface area (Å²) in [5, 5.41) is 7.88. The van der Waals surface area contributed by atoms with Crippen molar-refractivity contribution in [1.29, 1.82) is 0 Å². The largest absolute Gasteiger partial charge is 0.490 e. The van der Waals surface area contributed by atoms with E-state index in [0.717, 1.165) is 36.8 Å². The number of nitrogens with one attached hydrogen (secondary N) is 4. The number of carbonyl (C=O) groups excluding carboxylic acids is 6. The topological polar surface area (TPSA) is 228 Å². The van der Waals surface area contributed by atoms with Crippen molar-refractivity contribution >= 4 is 45.8 Å². The zero-order chi connectivity index (χ0) is 46.4. The van der Waals surface area contributed by atoms with Gasteiger partial charge in [0.25, 0.3) is 5.91 Å². The van der Waals surface area contributed by atoms with Gasteiger partial charge < -0.3 is 39.8 Å². The van der Waals surface area contributed by atoms with Gasteiger partial charge in [0.15, 0.2) is 11.5 Å². The van der Waals surface area contributed by atoms with Crippen LogP contribution in [0.2, 0.25) is 0 Å². The molecular weight excluding hydrogens is 849 g/mol. The van der Waals surface area contributed by atoms with Gasteiger partial charge in [-0.3, -0.25) is 28.8 Å². The first-order chi connectivity index (χ1) is 30.1. The van der Waals surface area contributed by atoms with Crippen LogP contribution >= 0.6 is 0 Å². The maximum atomic E-state index is 15.0. The number of alkyl carbamates (subject to hydrolysis) is 1. The second-order valence-electron chi connectivity index (χ2n) is 20.5. The molecule has 18 nitrogen and oxygen atoms in total. The fourth-order valence-corrected chi connectivity index (χ4v) is 10.8. The highest BCUT2D eigenvalue weighted by atomic mass is 32.2. The highest BCUT2D eigenvalue weighted by Gasteiger charge is 2.62. The van der Waals surface area contributed by atoms with E-state index in [4.69, 9.17) is 18.9 Å². The number of hydrogen-bond donors (Lipinski definition) is 4. The van der Waals surface area contributed by atoms with E-state index >= 15 is 4.79 Å². The van der Waals surface area contributed by atoms with Crippen molar-refractivity contribution in [2.24, 2.45) is 17.3 Å². The van der Waals surface area contributed by atoms with E-state index in [0.29, 0.717) is 56.8 Å². The lowest BCUT2D eigenvalue weighted by Crippen LogP contribution is -2.62. The average molecular weight is 915 g/mol. The Morgan fingerprint density at radius 2 is 1.50 bits per heavy atom. The minimum Gasteiger partial charge on any atom is -0.490 e. The minimum atomic E-state index is -3.93. The van der Waals surface area contributed by atoms with Gasteiger partial charge in [-0.25, -0.2) is 18.0 Å². The molecule has 7 rings (SSSR count). The smallest absolute Gasteiger partial charge is 0.410 e. The molecule has 64 heavy (non-hydrogen) atoms. The van der Waals surface area contributed by atoms with Gasteiger partial charge in [-0.2, -0.15) is 0 Å². The standard InChI is InChI=1S/C45H66N6O12S/c1-8-29-22-45(29,40(55)49-64(58,59)31-15-16-31)48-37(52)32-21-30(62-42(57)50-23-27-19-33-34(20-28(27)24-50)61-18-12-17-60-33)25-51(32)39(54)36(43(2,3)4)47-38(53)35(26-13-10-9-11-14-26)46-41(56)63-44(5,6)7/h19-20,26,29-32,35-36H,8-18,21-25H2,1-7H3,(H,46,56)(H,47,53)(H,48,52)(H,49,55)/t29-,30+,32?,35-,36+,45-/m0/s1. The van der Waals surface area contributed by atoms with Crippen LogP contribution in [0.25, 0.3) is 0 Å². The second kappa shape index (κ2) is 18.2. The van der Waals surface area contributed by atoms with E-state index in [2.05, 4.69) is 20.7 Å². The Labute approximate surface area is 376 Å². The Hall–Kier alpha value is -4.81. The van der Waals surface area contributed by atoms with Gasteiger partial charge >= 0.3 is 12.2 Å². The first-order valence-corrected chi connectivity index (χ1v) is 24.5. The summed E-state index contributed by atoms with van der Waals surface area (Å²) in [6.07, 6.45) is 3.89. The molecule has 4 N–H and O–H groups in total. The summed E-state index contributed by atoms with van der Waals surface area (Å²) in [7, 11) is -3.93. The van der Waals surface area contributed by atoms with Crippen LogP contribution in [0, 0.1) is 17.3 Å². The Morgan fingerprint density at radius 1 is 0.875 bits per heavy atom. The van der Waals surface area contributed by atoms with Crippen LogP contribution in [0.4, 0.5) is 9.59 Å². The summed E-state index contributed by atoms with van der Waals surface area (Å²) in [5.74, 6) is -2.12. The Kier molecular flexibility index (Phi) is 13.4. The van der Waals surface area contributed by atoms with Crippen LogP contribution in [0.3, 0.4) is 0 Å². The predicted octanol–water partition coefficient (Wildman–Crippen LogP) is 4.17. The molecule has 1 saturated heterocycles. The van der Waals surface area contributed by atoms with E-state index in [1.807, 2.05) is 19.1 Å². The molecule has 3 saturated carbocycles. The number of fused-ring (bicyclic) bond motifs is 2. The van der Waals surface area contributed by atoms with E-state index in [-0.39, 0.29) is 44.3 Å². The fraction of sp³-hybridized carbons (Fsp3) is 0.733. The normalized spacial score (nSPS) is 25.5. The molecule has 3 heterocycles. The van der Waals surface area contributed by atoms with Crippen molar-refractivity contribution in [1.82, 2.24) is 30.5 Å². The van der Waals surface area contributed by atoms with Crippen molar-refractivity contribution < 1.29 is 56.1 Å². The molecule has 1 unspecified atom stereocenters. The molecule has 3 aliphatic carbocycles. The Balaban J connectivity index is 1.12. The molecule has 354 valence electrons. The summed E-state index contributed by atoms with van der Waals surface area (Å²) in [6.45, 7) is 13.6. The van der Waals surface area contributed by atoms with Gasteiger partial charge in [0.1, 0.15) is 35.4 Å². The summed E-state index contributed by atoms with van der Waals surface area (Å²) in [6, 6.07) is 0.221. The Morgan fingerprint density at radius 3 is 2.05 bits per heavy atom. The molecule has 4 fully saturated rings. The lowest BCUT2D eigenvalue weighted by atomic mass is 9.82. The third kappa shape index (κ3) is 10.7. The molecule has 6 aliphatic rings. The zero-order valence-corrected chi connectivity index (χ0v) is 39.0. The third-order valence-corrected chi connectivity index (χ3v) is 15.0. The number of ether oxygens (including phenoxy) is 4.